The summed E-state index contributed by atoms with van der Waals surface area (Å²) in [4.78, 5) is 4.93. The minimum Gasteiger partial charge on any atom is -0.371 e. The van der Waals surface area contributed by atoms with Crippen LogP contribution in [0.3, 0.4) is 0 Å². The first-order chi connectivity index (χ1) is 10.9. The van der Waals surface area contributed by atoms with E-state index in [0.29, 0.717) is 0 Å². The van der Waals surface area contributed by atoms with Gasteiger partial charge in [0, 0.05) is 0 Å². The third-order valence-corrected chi connectivity index (χ3v) is 3.92. The molecule has 106 valence electrons. The highest BCUT2D eigenvalue weighted by atomic mass is 15.0. The van der Waals surface area contributed by atoms with Crippen LogP contribution < -0.4 is 5.32 Å². The summed E-state index contributed by atoms with van der Waals surface area (Å²) in [6.07, 6.45) is 0. The van der Waals surface area contributed by atoms with Crippen LogP contribution >= 0.6 is 0 Å². The van der Waals surface area contributed by atoms with Gasteiger partial charge in [-0.25, -0.2) is 4.99 Å². The lowest BCUT2D eigenvalue weighted by Gasteiger charge is -2.27. The molecule has 0 saturated carbocycles. The Morgan fingerprint density at radius 2 is 1.32 bits per heavy atom. The quantitative estimate of drug-likeness (QED) is 0.705. The molecule has 0 radical (unpaired) electrons. The predicted octanol–water partition coefficient (Wildman–Crippen LogP) is 4.97. The number of hydrogen-bond acceptors (Lipinski definition) is 2. The van der Waals surface area contributed by atoms with E-state index in [4.69, 9.17) is 4.99 Å². The molecule has 0 aliphatic carbocycles. The standard InChI is InChI=1S/C20H16N2/c1-3-9-15(10-4-1)19-20(16-11-5-2-6-12-16)22-18-14-8-7-13-17(18)21-19/h1-14,19,21H/t19-/m1/s1. The third-order valence-electron chi connectivity index (χ3n) is 3.92. The molecule has 0 bridgehead atoms. The lowest BCUT2D eigenvalue weighted by molar-refractivity contribution is 1.01. The van der Waals surface area contributed by atoms with E-state index in [1.807, 2.05) is 30.3 Å². The maximum atomic E-state index is 4.93. The van der Waals surface area contributed by atoms with Crippen LogP contribution in [0.2, 0.25) is 0 Å². The summed E-state index contributed by atoms with van der Waals surface area (Å²) >= 11 is 0. The Hall–Kier alpha value is -2.87. The summed E-state index contributed by atoms with van der Waals surface area (Å²) in [7, 11) is 0. The molecule has 0 fully saturated rings. The number of nitrogens with one attached hydrogen (secondary N) is 1. The highest BCUT2D eigenvalue weighted by molar-refractivity contribution is 6.09. The van der Waals surface area contributed by atoms with Crippen molar-refractivity contribution in [3.63, 3.8) is 0 Å². The largest absolute Gasteiger partial charge is 0.371 e. The van der Waals surface area contributed by atoms with Gasteiger partial charge in [0.1, 0.15) is 0 Å². The fourth-order valence-electron chi connectivity index (χ4n) is 2.84. The van der Waals surface area contributed by atoms with Crippen LogP contribution in [0.1, 0.15) is 17.2 Å². The molecular formula is C20H16N2. The maximum absolute atomic E-state index is 4.93. The van der Waals surface area contributed by atoms with Crippen molar-refractivity contribution >= 4 is 17.1 Å². The van der Waals surface area contributed by atoms with Crippen LogP contribution in [0.15, 0.2) is 89.9 Å². The van der Waals surface area contributed by atoms with Gasteiger partial charge in [-0.1, -0.05) is 72.8 Å². The molecule has 1 atom stereocenters. The number of nitrogens with zero attached hydrogens (tertiary/aromatic N) is 1. The number of benzene rings is 3. The topological polar surface area (TPSA) is 24.4 Å². The van der Waals surface area contributed by atoms with E-state index >= 15 is 0 Å². The summed E-state index contributed by atoms with van der Waals surface area (Å²) in [6, 6.07) is 29.1. The summed E-state index contributed by atoms with van der Waals surface area (Å²) in [6.45, 7) is 0. The van der Waals surface area contributed by atoms with Crippen LogP contribution in [-0.4, -0.2) is 5.71 Å². The van der Waals surface area contributed by atoms with Gasteiger partial charge in [0.15, 0.2) is 0 Å². The second-order valence-electron chi connectivity index (χ2n) is 5.37. The van der Waals surface area contributed by atoms with Crippen molar-refractivity contribution in [1.82, 2.24) is 0 Å². The second-order valence-corrected chi connectivity index (χ2v) is 5.37. The molecule has 0 unspecified atom stereocenters. The average Bonchev–Trinajstić information content (AvgIpc) is 2.62. The molecule has 0 saturated heterocycles. The normalized spacial score (nSPS) is 16.4. The summed E-state index contributed by atoms with van der Waals surface area (Å²) < 4.78 is 0. The average molecular weight is 284 g/mol. The molecule has 1 aliphatic heterocycles. The van der Waals surface area contributed by atoms with Gasteiger partial charge in [-0.15, -0.1) is 0 Å². The van der Waals surface area contributed by atoms with E-state index < -0.39 is 0 Å². The number of fused-ring (bicyclic) bond motifs is 1. The Kier molecular flexibility index (Phi) is 3.20. The van der Waals surface area contributed by atoms with Gasteiger partial charge in [0.2, 0.25) is 0 Å². The first kappa shape index (κ1) is 12.8. The molecular weight excluding hydrogens is 268 g/mol. The van der Waals surface area contributed by atoms with Gasteiger partial charge in [0.25, 0.3) is 0 Å². The van der Waals surface area contributed by atoms with E-state index in [9.17, 15) is 0 Å². The minimum absolute atomic E-state index is 0.0681. The van der Waals surface area contributed by atoms with Crippen LogP contribution in [0.4, 0.5) is 11.4 Å². The zero-order valence-corrected chi connectivity index (χ0v) is 12.1. The van der Waals surface area contributed by atoms with Crippen molar-refractivity contribution in [3.8, 4) is 0 Å². The maximum Gasteiger partial charge on any atom is 0.0947 e. The number of para-hydroxylation sites is 2. The van der Waals surface area contributed by atoms with Crippen molar-refractivity contribution < 1.29 is 0 Å². The van der Waals surface area contributed by atoms with Crippen molar-refractivity contribution in [1.29, 1.82) is 0 Å². The van der Waals surface area contributed by atoms with Gasteiger partial charge in [0.05, 0.1) is 23.1 Å². The highest BCUT2D eigenvalue weighted by Crippen LogP contribution is 2.36. The van der Waals surface area contributed by atoms with E-state index in [2.05, 4.69) is 59.9 Å². The second kappa shape index (κ2) is 5.49. The smallest absolute Gasteiger partial charge is 0.0947 e. The summed E-state index contributed by atoms with van der Waals surface area (Å²) in [5.74, 6) is 0. The van der Waals surface area contributed by atoms with Gasteiger partial charge >= 0.3 is 0 Å². The number of anilines is 1. The van der Waals surface area contributed by atoms with Gasteiger partial charge < -0.3 is 5.32 Å². The van der Waals surface area contributed by atoms with E-state index in [0.717, 1.165) is 22.6 Å². The Morgan fingerprint density at radius 1 is 0.682 bits per heavy atom. The summed E-state index contributed by atoms with van der Waals surface area (Å²) in [5, 5.41) is 3.63. The van der Waals surface area contributed by atoms with E-state index in [1.54, 1.807) is 0 Å². The molecule has 0 aromatic heterocycles. The molecule has 1 heterocycles. The lowest BCUT2D eigenvalue weighted by atomic mass is 9.94. The minimum atomic E-state index is 0.0681. The van der Waals surface area contributed by atoms with Crippen molar-refractivity contribution in [2.45, 2.75) is 6.04 Å². The zero-order chi connectivity index (χ0) is 14.8. The molecule has 1 aliphatic rings. The molecule has 2 nitrogen and oxygen atoms in total. The highest BCUT2D eigenvalue weighted by Gasteiger charge is 2.24. The Morgan fingerprint density at radius 3 is 2.09 bits per heavy atom. The first-order valence-electron chi connectivity index (χ1n) is 7.46. The molecule has 0 spiro atoms. The Labute approximate surface area is 130 Å². The fraction of sp³-hybridized carbons (Fsp3) is 0.0500. The first-order valence-corrected chi connectivity index (χ1v) is 7.46. The monoisotopic (exact) mass is 284 g/mol. The van der Waals surface area contributed by atoms with Crippen molar-refractivity contribution in [2.75, 3.05) is 5.32 Å². The van der Waals surface area contributed by atoms with Crippen LogP contribution in [-0.2, 0) is 0 Å². The van der Waals surface area contributed by atoms with Gasteiger partial charge in [-0.2, -0.15) is 0 Å². The molecule has 22 heavy (non-hydrogen) atoms. The zero-order valence-electron chi connectivity index (χ0n) is 12.1. The predicted molar refractivity (Wildman–Crippen MR) is 91.9 cm³/mol. The molecule has 3 aromatic rings. The Balaban J connectivity index is 1.87. The number of aliphatic imine (C=N–C) groups is 1. The van der Waals surface area contributed by atoms with Gasteiger partial charge in [-0.3, -0.25) is 0 Å². The van der Waals surface area contributed by atoms with Crippen LogP contribution in [0, 0.1) is 0 Å². The molecule has 4 rings (SSSR count). The number of hydrogen-bond donors (Lipinski definition) is 1. The molecule has 3 aromatic carbocycles. The van der Waals surface area contributed by atoms with Crippen molar-refractivity contribution in [3.05, 3.63) is 96.1 Å². The number of rotatable bonds is 2. The molecule has 0 amide bonds. The molecule has 1 N–H and O–H groups in total. The van der Waals surface area contributed by atoms with Crippen LogP contribution in [0.5, 0.6) is 0 Å². The lowest BCUT2D eigenvalue weighted by Crippen LogP contribution is -2.24. The summed E-state index contributed by atoms with van der Waals surface area (Å²) in [5.41, 5.74) is 5.51. The van der Waals surface area contributed by atoms with Crippen LogP contribution in [0.25, 0.3) is 0 Å². The Bertz CT molecular complexity index is 807. The SMILES string of the molecule is c1ccc(C2=Nc3ccccc3N[C@@H]2c2ccccc2)cc1. The van der Waals surface area contributed by atoms with E-state index in [1.165, 1.54) is 5.56 Å². The van der Waals surface area contributed by atoms with Crippen molar-refractivity contribution in [2.24, 2.45) is 4.99 Å². The van der Waals surface area contributed by atoms with Gasteiger partial charge in [-0.05, 0) is 23.3 Å². The molecule has 2 heteroatoms. The third kappa shape index (κ3) is 2.29. The van der Waals surface area contributed by atoms with E-state index in [-0.39, 0.29) is 6.04 Å². The fourth-order valence-corrected chi connectivity index (χ4v) is 2.84.